The fourth-order valence-electron chi connectivity index (χ4n) is 0.518. The molecule has 0 aromatic heterocycles. The van der Waals surface area contributed by atoms with Crippen molar-refractivity contribution in [1.29, 1.82) is 0 Å². The van der Waals surface area contributed by atoms with Crippen molar-refractivity contribution in [3.8, 4) is 0 Å². The highest BCUT2D eigenvalue weighted by Gasteiger charge is 2.20. The SMILES string of the molecule is [2H]CCOC(CC(=O)O)C(=O)O. The van der Waals surface area contributed by atoms with Gasteiger partial charge in [-0.15, -0.1) is 0 Å². The molecule has 64 valence electrons. The number of carboxylic acids is 2. The van der Waals surface area contributed by atoms with Gasteiger partial charge in [-0.1, -0.05) is 0 Å². The van der Waals surface area contributed by atoms with Crippen molar-refractivity contribution in [3.63, 3.8) is 0 Å². The Balaban J connectivity index is 3.87. The summed E-state index contributed by atoms with van der Waals surface area (Å²) in [5, 5.41) is 16.6. The quantitative estimate of drug-likeness (QED) is 0.593. The van der Waals surface area contributed by atoms with Gasteiger partial charge in [-0.3, -0.25) is 4.79 Å². The van der Waals surface area contributed by atoms with Crippen molar-refractivity contribution < 1.29 is 25.9 Å². The first-order valence-electron chi connectivity index (χ1n) is 3.64. The van der Waals surface area contributed by atoms with Crippen LogP contribution in [0.3, 0.4) is 0 Å². The maximum Gasteiger partial charge on any atom is 0.333 e. The van der Waals surface area contributed by atoms with Crippen molar-refractivity contribution in [1.82, 2.24) is 0 Å². The molecule has 0 amide bonds. The van der Waals surface area contributed by atoms with Gasteiger partial charge in [-0.05, 0) is 6.90 Å². The van der Waals surface area contributed by atoms with Crippen LogP contribution in [-0.4, -0.2) is 34.9 Å². The molecule has 1 atom stereocenters. The lowest BCUT2D eigenvalue weighted by Gasteiger charge is -2.08. The molecule has 5 heteroatoms. The maximum absolute atomic E-state index is 10.3. The third kappa shape index (κ3) is 4.32. The molecular weight excluding hydrogens is 152 g/mol. The van der Waals surface area contributed by atoms with Crippen LogP contribution in [0, 0.1) is 0 Å². The van der Waals surface area contributed by atoms with E-state index < -0.39 is 24.5 Å². The zero-order chi connectivity index (χ0) is 9.56. The van der Waals surface area contributed by atoms with Gasteiger partial charge in [0.15, 0.2) is 6.10 Å². The van der Waals surface area contributed by atoms with Crippen LogP contribution >= 0.6 is 0 Å². The van der Waals surface area contributed by atoms with Gasteiger partial charge in [-0.2, -0.15) is 0 Å². The highest BCUT2D eigenvalue weighted by atomic mass is 16.5. The second-order valence-electron chi connectivity index (χ2n) is 1.80. The molecule has 0 saturated carbocycles. The third-order valence-electron chi connectivity index (χ3n) is 0.954. The lowest BCUT2D eigenvalue weighted by Crippen LogP contribution is -2.26. The smallest absolute Gasteiger partial charge is 0.333 e. The number of hydrogen-bond donors (Lipinski definition) is 2. The minimum atomic E-state index is -1.34. The zero-order valence-electron chi connectivity index (χ0n) is 6.82. The minimum absolute atomic E-state index is 0.0652. The second-order valence-corrected chi connectivity index (χ2v) is 1.80. The molecule has 5 nitrogen and oxygen atoms in total. The van der Waals surface area contributed by atoms with E-state index in [2.05, 4.69) is 4.74 Å². The Bertz CT molecular complexity index is 169. The standard InChI is InChI=1S/C6H10O5/c1-2-11-4(6(9)10)3-5(7)8/h4H,2-3H2,1H3,(H,7,8)(H,9,10)/i1D. The Morgan fingerprint density at radius 3 is 2.64 bits per heavy atom. The molecule has 0 aromatic carbocycles. The average molecular weight is 163 g/mol. The van der Waals surface area contributed by atoms with E-state index in [-0.39, 0.29) is 13.5 Å². The summed E-state index contributed by atoms with van der Waals surface area (Å²) in [6, 6.07) is 0. The van der Waals surface area contributed by atoms with Crippen LogP contribution < -0.4 is 0 Å². The van der Waals surface area contributed by atoms with Gasteiger partial charge in [0.05, 0.1) is 6.42 Å². The molecule has 0 heterocycles. The fourth-order valence-corrected chi connectivity index (χ4v) is 0.518. The summed E-state index contributed by atoms with van der Waals surface area (Å²) in [5.41, 5.74) is 0. The monoisotopic (exact) mass is 163 g/mol. The predicted molar refractivity (Wildman–Crippen MR) is 35.3 cm³/mol. The Morgan fingerprint density at radius 1 is 1.64 bits per heavy atom. The van der Waals surface area contributed by atoms with E-state index in [0.29, 0.717) is 0 Å². The van der Waals surface area contributed by atoms with E-state index in [4.69, 9.17) is 11.6 Å². The Kier molecular flexibility index (Phi) is 3.40. The van der Waals surface area contributed by atoms with Gasteiger partial charge < -0.3 is 14.9 Å². The molecule has 0 bridgehead atoms. The zero-order valence-corrected chi connectivity index (χ0v) is 5.82. The normalized spacial score (nSPS) is 13.6. The summed E-state index contributed by atoms with van der Waals surface area (Å²) in [6.45, 7) is -0.145. The van der Waals surface area contributed by atoms with Crippen LogP contribution in [0.25, 0.3) is 0 Å². The molecule has 0 spiro atoms. The highest BCUT2D eigenvalue weighted by Crippen LogP contribution is 1.98. The molecule has 0 radical (unpaired) electrons. The van der Waals surface area contributed by atoms with Crippen molar-refractivity contribution >= 4 is 11.9 Å². The molecule has 0 rings (SSSR count). The third-order valence-corrected chi connectivity index (χ3v) is 0.954. The lowest BCUT2D eigenvalue weighted by atomic mass is 10.2. The van der Waals surface area contributed by atoms with Crippen LogP contribution in [0.15, 0.2) is 0 Å². The van der Waals surface area contributed by atoms with Crippen LogP contribution in [0.1, 0.15) is 14.7 Å². The predicted octanol–water partition coefficient (Wildman–Crippen LogP) is -0.0492. The molecule has 11 heavy (non-hydrogen) atoms. The van der Waals surface area contributed by atoms with Crippen LogP contribution in [0.5, 0.6) is 0 Å². The van der Waals surface area contributed by atoms with Crippen molar-refractivity contribution in [2.45, 2.75) is 19.4 Å². The number of ether oxygens (including phenoxy) is 1. The number of carboxylic acid groups (broad SMARTS) is 2. The summed E-state index contributed by atoms with van der Waals surface area (Å²) >= 11 is 0. The van der Waals surface area contributed by atoms with Crippen molar-refractivity contribution in [2.24, 2.45) is 0 Å². The first-order valence-corrected chi connectivity index (χ1v) is 2.93. The van der Waals surface area contributed by atoms with Gasteiger partial charge in [0, 0.05) is 7.98 Å². The largest absolute Gasteiger partial charge is 0.481 e. The molecule has 2 N–H and O–H groups in total. The fraction of sp³-hybridized carbons (Fsp3) is 0.667. The molecule has 1 unspecified atom stereocenters. The molecule has 0 saturated heterocycles. The van der Waals surface area contributed by atoms with E-state index in [1.165, 1.54) is 0 Å². The Labute approximate surface area is 65.0 Å². The van der Waals surface area contributed by atoms with Gasteiger partial charge >= 0.3 is 11.9 Å². The Morgan fingerprint density at radius 2 is 2.27 bits per heavy atom. The van der Waals surface area contributed by atoms with E-state index in [9.17, 15) is 9.59 Å². The lowest BCUT2D eigenvalue weighted by molar-refractivity contribution is -0.156. The van der Waals surface area contributed by atoms with Gasteiger partial charge in [0.25, 0.3) is 0 Å². The Hall–Kier alpha value is -1.10. The van der Waals surface area contributed by atoms with E-state index in [0.717, 1.165) is 0 Å². The van der Waals surface area contributed by atoms with Crippen LogP contribution in [0.2, 0.25) is 0 Å². The minimum Gasteiger partial charge on any atom is -0.481 e. The number of rotatable bonds is 5. The van der Waals surface area contributed by atoms with Gasteiger partial charge in [0.1, 0.15) is 0 Å². The topological polar surface area (TPSA) is 83.8 Å². The molecule has 0 aliphatic rings. The molecule has 0 fully saturated rings. The molecular formula is C6H10O5. The second kappa shape index (κ2) is 4.68. The van der Waals surface area contributed by atoms with E-state index in [1.54, 1.807) is 0 Å². The summed E-state index contributed by atoms with van der Waals surface area (Å²) in [7, 11) is 0. The van der Waals surface area contributed by atoms with Crippen LogP contribution in [-0.2, 0) is 14.3 Å². The number of hydrogen-bond acceptors (Lipinski definition) is 3. The van der Waals surface area contributed by atoms with Gasteiger partial charge in [-0.25, -0.2) is 4.79 Å². The highest BCUT2D eigenvalue weighted by molar-refractivity contribution is 5.79. The van der Waals surface area contributed by atoms with E-state index in [1.807, 2.05) is 0 Å². The average Bonchev–Trinajstić information content (AvgIpc) is 1.96. The first-order chi connectivity index (χ1) is 5.57. The summed E-state index contributed by atoms with van der Waals surface area (Å²) in [4.78, 5) is 20.4. The summed E-state index contributed by atoms with van der Waals surface area (Å²) < 4.78 is 11.2. The maximum atomic E-state index is 10.3. The molecule has 0 aliphatic carbocycles. The summed E-state index contributed by atoms with van der Waals surface area (Å²) in [6.07, 6.45) is -1.91. The van der Waals surface area contributed by atoms with Crippen LogP contribution in [0.4, 0.5) is 0 Å². The molecule has 0 aromatic rings. The molecule has 0 aliphatic heterocycles. The van der Waals surface area contributed by atoms with Gasteiger partial charge in [0.2, 0.25) is 0 Å². The number of carbonyl (C=O) groups is 2. The first kappa shape index (κ1) is 8.00. The number of aliphatic carboxylic acids is 2. The van der Waals surface area contributed by atoms with Crippen molar-refractivity contribution in [2.75, 3.05) is 6.61 Å². The summed E-state index contributed by atoms with van der Waals surface area (Å²) in [5.74, 6) is -2.54. The van der Waals surface area contributed by atoms with Crippen molar-refractivity contribution in [3.05, 3.63) is 0 Å². The van der Waals surface area contributed by atoms with E-state index >= 15 is 0 Å².